The number of oxazole rings is 1. The van der Waals surface area contributed by atoms with E-state index >= 15 is 0 Å². The van der Waals surface area contributed by atoms with E-state index in [0.717, 1.165) is 0 Å². The Balaban J connectivity index is 1.49. The molecule has 0 bridgehead atoms. The molecule has 0 aliphatic heterocycles. The van der Waals surface area contributed by atoms with Crippen molar-refractivity contribution in [2.75, 3.05) is 5.32 Å². The largest absolute Gasteiger partial charge is 0.479 e. The molecule has 0 saturated carbocycles. The Morgan fingerprint density at radius 3 is 2.56 bits per heavy atom. The molecule has 4 rings (SSSR count). The third-order valence-corrected chi connectivity index (χ3v) is 5.42. The highest BCUT2D eigenvalue weighted by Gasteiger charge is 2.18. The summed E-state index contributed by atoms with van der Waals surface area (Å²) in [6, 6.07) is 16.2. The van der Waals surface area contributed by atoms with Crippen LogP contribution in [0.25, 0.3) is 22.6 Å². The summed E-state index contributed by atoms with van der Waals surface area (Å²) in [4.78, 5) is 28.0. The van der Waals surface area contributed by atoms with Crippen LogP contribution in [0.5, 0.6) is 5.75 Å². The second-order valence-electron chi connectivity index (χ2n) is 6.89. The summed E-state index contributed by atoms with van der Waals surface area (Å²) in [5.74, 6) is -0.737. The van der Waals surface area contributed by atoms with Gasteiger partial charge in [0, 0.05) is 11.3 Å². The Morgan fingerprint density at radius 1 is 1.09 bits per heavy atom. The summed E-state index contributed by atoms with van der Waals surface area (Å²) < 4.78 is 11.4. The van der Waals surface area contributed by atoms with Gasteiger partial charge in [-0.3, -0.25) is 4.79 Å². The number of benzene rings is 3. The number of aromatic carboxylic acids is 1. The first kappa shape index (κ1) is 21.7. The van der Waals surface area contributed by atoms with Crippen LogP contribution in [-0.4, -0.2) is 28.1 Å². The summed E-state index contributed by atoms with van der Waals surface area (Å²) in [5.41, 5.74) is 2.38. The summed E-state index contributed by atoms with van der Waals surface area (Å²) in [7, 11) is 0. The van der Waals surface area contributed by atoms with Crippen molar-refractivity contribution in [2.24, 2.45) is 0 Å². The number of fused-ring (bicyclic) bond motifs is 1. The van der Waals surface area contributed by atoms with Gasteiger partial charge < -0.3 is 19.6 Å². The lowest BCUT2D eigenvalue weighted by atomic mass is 10.1. The molecule has 0 fully saturated rings. The van der Waals surface area contributed by atoms with Crippen LogP contribution in [0.1, 0.15) is 17.3 Å². The van der Waals surface area contributed by atoms with Gasteiger partial charge >= 0.3 is 5.97 Å². The number of halogens is 2. The molecule has 2 N–H and O–H groups in total. The van der Waals surface area contributed by atoms with Crippen molar-refractivity contribution in [1.82, 2.24) is 4.98 Å². The number of carboxylic acid groups (broad SMARTS) is 1. The second-order valence-corrected chi connectivity index (χ2v) is 7.67. The molecule has 3 aromatic carbocycles. The van der Waals surface area contributed by atoms with Gasteiger partial charge in [-0.05, 0) is 61.5 Å². The Bertz CT molecular complexity index is 1320. The highest BCUT2D eigenvalue weighted by atomic mass is 35.5. The van der Waals surface area contributed by atoms with Gasteiger partial charge in [0.25, 0.3) is 5.91 Å². The maximum atomic E-state index is 12.6. The number of hydrogen-bond donors (Lipinski definition) is 2. The van der Waals surface area contributed by atoms with Crippen LogP contribution in [0.4, 0.5) is 5.69 Å². The number of carbonyl (C=O) groups excluding carboxylic acids is 1. The maximum Gasteiger partial charge on any atom is 0.335 e. The maximum absolute atomic E-state index is 12.6. The smallest absolute Gasteiger partial charge is 0.335 e. The van der Waals surface area contributed by atoms with Gasteiger partial charge in [-0.15, -0.1) is 0 Å². The topological polar surface area (TPSA) is 102 Å². The molecule has 0 aliphatic carbocycles. The monoisotopic (exact) mass is 470 g/mol. The first-order valence-corrected chi connectivity index (χ1v) is 10.2. The molecule has 0 saturated heterocycles. The number of carbonyl (C=O) groups is 2. The summed E-state index contributed by atoms with van der Waals surface area (Å²) in [6.45, 7) is 1.60. The van der Waals surface area contributed by atoms with E-state index < -0.39 is 12.1 Å². The summed E-state index contributed by atoms with van der Waals surface area (Å²) in [5, 5.41) is 12.4. The molecule has 1 amide bonds. The molecule has 1 aromatic heterocycles. The van der Waals surface area contributed by atoms with Gasteiger partial charge in [0.15, 0.2) is 11.7 Å². The van der Waals surface area contributed by atoms with Gasteiger partial charge in [0.1, 0.15) is 16.3 Å². The molecule has 0 aliphatic rings. The quantitative estimate of drug-likeness (QED) is 0.363. The number of hydrogen-bond acceptors (Lipinski definition) is 5. The van der Waals surface area contributed by atoms with E-state index in [2.05, 4.69) is 10.3 Å². The molecule has 0 spiro atoms. The molecule has 9 heteroatoms. The standard InChI is InChI=1S/C23H16Cl2N2O5/c1-12(31-19-4-2-3-16(24)20(19)25)21(28)26-15-9-10-18-17(11-15)27-22(32-18)13-5-7-14(8-6-13)23(29)30/h2-12H,1H3,(H,26,28)(H,29,30)/t12-/m0/s1. The van der Waals surface area contributed by atoms with E-state index in [1.807, 2.05) is 0 Å². The predicted octanol–water partition coefficient (Wildman–Crippen LogP) is 5.91. The number of aromatic nitrogens is 1. The number of anilines is 1. The average Bonchev–Trinajstić information content (AvgIpc) is 3.20. The number of amides is 1. The Morgan fingerprint density at radius 2 is 1.84 bits per heavy atom. The first-order chi connectivity index (χ1) is 15.3. The molecule has 7 nitrogen and oxygen atoms in total. The normalized spacial score (nSPS) is 11.8. The zero-order valence-corrected chi connectivity index (χ0v) is 18.1. The molecule has 162 valence electrons. The minimum absolute atomic E-state index is 0.172. The fourth-order valence-corrected chi connectivity index (χ4v) is 3.28. The molecule has 4 aromatic rings. The van der Waals surface area contributed by atoms with Crippen LogP contribution in [0.15, 0.2) is 65.1 Å². The minimum Gasteiger partial charge on any atom is -0.479 e. The molecule has 0 unspecified atom stereocenters. The fourth-order valence-electron chi connectivity index (χ4n) is 2.95. The van der Waals surface area contributed by atoms with Gasteiger partial charge in [-0.1, -0.05) is 29.3 Å². The number of carboxylic acids is 1. The van der Waals surface area contributed by atoms with E-state index in [1.165, 1.54) is 12.1 Å². The minimum atomic E-state index is -1.01. The molecular formula is C23H16Cl2N2O5. The molecule has 0 radical (unpaired) electrons. The average molecular weight is 471 g/mol. The van der Waals surface area contributed by atoms with E-state index in [1.54, 1.807) is 55.5 Å². The van der Waals surface area contributed by atoms with Crippen LogP contribution in [0.3, 0.4) is 0 Å². The summed E-state index contributed by atoms with van der Waals surface area (Å²) in [6.07, 6.45) is -0.831. The summed E-state index contributed by atoms with van der Waals surface area (Å²) >= 11 is 12.1. The number of nitrogens with zero attached hydrogens (tertiary/aromatic N) is 1. The first-order valence-electron chi connectivity index (χ1n) is 9.47. The molecular weight excluding hydrogens is 455 g/mol. The van der Waals surface area contributed by atoms with Crippen molar-refractivity contribution < 1.29 is 23.8 Å². The van der Waals surface area contributed by atoms with Crippen LogP contribution < -0.4 is 10.1 Å². The van der Waals surface area contributed by atoms with Crippen molar-refractivity contribution >= 4 is 51.9 Å². The van der Waals surface area contributed by atoms with E-state index in [0.29, 0.717) is 39.0 Å². The van der Waals surface area contributed by atoms with Crippen molar-refractivity contribution in [2.45, 2.75) is 13.0 Å². The van der Waals surface area contributed by atoms with Gasteiger partial charge in [0.05, 0.1) is 10.6 Å². The zero-order valence-electron chi connectivity index (χ0n) is 16.6. The predicted molar refractivity (Wildman–Crippen MR) is 122 cm³/mol. The van der Waals surface area contributed by atoms with Gasteiger partial charge in [-0.2, -0.15) is 0 Å². The highest BCUT2D eigenvalue weighted by molar-refractivity contribution is 6.42. The van der Waals surface area contributed by atoms with Crippen molar-refractivity contribution in [3.05, 3.63) is 76.3 Å². The van der Waals surface area contributed by atoms with Crippen LogP contribution in [-0.2, 0) is 4.79 Å². The van der Waals surface area contributed by atoms with Crippen LogP contribution in [0.2, 0.25) is 10.0 Å². The number of nitrogens with one attached hydrogen (secondary N) is 1. The van der Waals surface area contributed by atoms with Crippen molar-refractivity contribution in [1.29, 1.82) is 0 Å². The van der Waals surface area contributed by atoms with E-state index in [9.17, 15) is 9.59 Å². The number of ether oxygens (including phenoxy) is 1. The lowest BCUT2D eigenvalue weighted by molar-refractivity contribution is -0.122. The zero-order chi connectivity index (χ0) is 22.8. The third-order valence-electron chi connectivity index (χ3n) is 4.62. The Hall–Kier alpha value is -3.55. The van der Waals surface area contributed by atoms with E-state index in [-0.39, 0.29) is 16.5 Å². The Labute approximate surface area is 192 Å². The highest BCUT2D eigenvalue weighted by Crippen LogP contribution is 2.32. The Kier molecular flexibility index (Phi) is 6.03. The van der Waals surface area contributed by atoms with Crippen LogP contribution in [0, 0.1) is 0 Å². The number of rotatable bonds is 6. The fraction of sp³-hybridized carbons (Fsp3) is 0.0870. The van der Waals surface area contributed by atoms with E-state index in [4.69, 9.17) is 37.5 Å². The molecule has 1 heterocycles. The van der Waals surface area contributed by atoms with Gasteiger partial charge in [0.2, 0.25) is 5.89 Å². The molecule has 32 heavy (non-hydrogen) atoms. The van der Waals surface area contributed by atoms with Crippen LogP contribution >= 0.6 is 23.2 Å². The SMILES string of the molecule is C[C@H](Oc1cccc(Cl)c1Cl)C(=O)Nc1ccc2oc(-c3ccc(C(=O)O)cc3)nc2c1. The lowest BCUT2D eigenvalue weighted by Gasteiger charge is -2.16. The van der Waals surface area contributed by atoms with Crippen molar-refractivity contribution in [3.8, 4) is 17.2 Å². The molecule has 1 atom stereocenters. The second kappa shape index (κ2) is 8.90. The van der Waals surface area contributed by atoms with Gasteiger partial charge in [-0.25, -0.2) is 9.78 Å². The van der Waals surface area contributed by atoms with Crippen molar-refractivity contribution in [3.63, 3.8) is 0 Å². The lowest BCUT2D eigenvalue weighted by Crippen LogP contribution is -2.30. The third kappa shape index (κ3) is 4.54.